The van der Waals surface area contributed by atoms with Crippen LogP contribution in [-0.2, 0) is 10.0 Å². The van der Waals surface area contributed by atoms with Crippen LogP contribution in [0.4, 0.5) is 0 Å². The first-order chi connectivity index (χ1) is 10.6. The largest absolute Gasteiger partial charge is 0.422 e. The van der Waals surface area contributed by atoms with Crippen LogP contribution in [0.15, 0.2) is 39.8 Å². The molecule has 0 amide bonds. The SMILES string of the molecule is N#Cc1nc(-c2ccccc2)oc1S(=O)(=O)N1CCCCC1. The number of nitriles is 1. The molecule has 2 heterocycles. The topological polar surface area (TPSA) is 87.2 Å². The second-order valence-electron chi connectivity index (χ2n) is 5.10. The summed E-state index contributed by atoms with van der Waals surface area (Å²) in [5.74, 6) is 0.146. The number of rotatable bonds is 3. The van der Waals surface area contributed by atoms with Crippen molar-refractivity contribution in [3.8, 4) is 17.5 Å². The van der Waals surface area contributed by atoms with E-state index in [0.29, 0.717) is 18.7 Å². The number of oxazole rings is 1. The Bertz CT molecular complexity index is 800. The van der Waals surface area contributed by atoms with Crippen molar-refractivity contribution in [2.45, 2.75) is 24.4 Å². The van der Waals surface area contributed by atoms with E-state index in [2.05, 4.69) is 4.98 Å². The number of piperidine rings is 1. The minimum Gasteiger partial charge on any atom is -0.422 e. The number of nitrogens with zero attached hydrogens (tertiary/aromatic N) is 3. The van der Waals surface area contributed by atoms with Gasteiger partial charge in [-0.05, 0) is 25.0 Å². The first kappa shape index (κ1) is 14.8. The van der Waals surface area contributed by atoms with E-state index >= 15 is 0 Å². The number of aromatic nitrogens is 1. The van der Waals surface area contributed by atoms with Gasteiger partial charge in [0.25, 0.3) is 15.1 Å². The van der Waals surface area contributed by atoms with Crippen LogP contribution in [0.25, 0.3) is 11.5 Å². The summed E-state index contributed by atoms with van der Waals surface area (Å²) >= 11 is 0. The van der Waals surface area contributed by atoms with Gasteiger partial charge in [-0.2, -0.15) is 14.6 Å². The quantitative estimate of drug-likeness (QED) is 0.867. The fourth-order valence-corrected chi connectivity index (χ4v) is 3.97. The van der Waals surface area contributed by atoms with E-state index < -0.39 is 10.0 Å². The summed E-state index contributed by atoms with van der Waals surface area (Å²) in [4.78, 5) is 4.03. The Labute approximate surface area is 129 Å². The fraction of sp³-hybridized carbons (Fsp3) is 0.333. The Morgan fingerprint density at radius 3 is 2.45 bits per heavy atom. The van der Waals surface area contributed by atoms with E-state index in [0.717, 1.165) is 19.3 Å². The van der Waals surface area contributed by atoms with Gasteiger partial charge < -0.3 is 4.42 Å². The van der Waals surface area contributed by atoms with Gasteiger partial charge in [0.15, 0.2) is 5.69 Å². The molecule has 0 saturated carbocycles. The molecule has 1 fully saturated rings. The molecular formula is C15H15N3O3S. The molecule has 0 N–H and O–H groups in total. The highest BCUT2D eigenvalue weighted by molar-refractivity contribution is 7.89. The van der Waals surface area contributed by atoms with E-state index in [1.165, 1.54) is 4.31 Å². The number of hydrogen-bond donors (Lipinski definition) is 0. The Morgan fingerprint density at radius 1 is 1.14 bits per heavy atom. The van der Waals surface area contributed by atoms with Crippen molar-refractivity contribution in [1.82, 2.24) is 9.29 Å². The molecule has 0 spiro atoms. The predicted molar refractivity (Wildman–Crippen MR) is 79.3 cm³/mol. The van der Waals surface area contributed by atoms with Crippen molar-refractivity contribution in [3.63, 3.8) is 0 Å². The average Bonchev–Trinajstić information content (AvgIpc) is 3.02. The zero-order valence-electron chi connectivity index (χ0n) is 11.9. The third kappa shape index (κ3) is 2.63. The van der Waals surface area contributed by atoms with Crippen molar-refractivity contribution in [1.29, 1.82) is 5.26 Å². The van der Waals surface area contributed by atoms with Crippen LogP contribution in [0, 0.1) is 11.3 Å². The summed E-state index contributed by atoms with van der Waals surface area (Å²) in [6, 6.07) is 10.8. The van der Waals surface area contributed by atoms with Gasteiger partial charge in [0.2, 0.25) is 5.89 Å². The molecule has 6 nitrogen and oxygen atoms in total. The highest BCUT2D eigenvalue weighted by Gasteiger charge is 2.33. The minimum atomic E-state index is -3.81. The molecule has 1 aromatic carbocycles. The summed E-state index contributed by atoms with van der Waals surface area (Å²) in [5, 5.41) is 8.83. The predicted octanol–water partition coefficient (Wildman–Crippen LogP) is 2.39. The van der Waals surface area contributed by atoms with E-state index in [9.17, 15) is 13.7 Å². The number of hydrogen-bond acceptors (Lipinski definition) is 5. The summed E-state index contributed by atoms with van der Waals surface area (Å²) in [6.45, 7) is 0.906. The van der Waals surface area contributed by atoms with E-state index in [-0.39, 0.29) is 16.7 Å². The summed E-state index contributed by atoms with van der Waals surface area (Å²) < 4.78 is 32.1. The van der Waals surface area contributed by atoms with Crippen LogP contribution in [0.3, 0.4) is 0 Å². The van der Waals surface area contributed by atoms with Crippen molar-refractivity contribution >= 4 is 10.0 Å². The van der Waals surface area contributed by atoms with E-state index in [4.69, 9.17) is 4.42 Å². The molecule has 22 heavy (non-hydrogen) atoms. The van der Waals surface area contributed by atoms with Gasteiger partial charge in [0, 0.05) is 18.7 Å². The molecular weight excluding hydrogens is 302 g/mol. The van der Waals surface area contributed by atoms with Gasteiger partial charge in [0.05, 0.1) is 0 Å². The highest BCUT2D eigenvalue weighted by Crippen LogP contribution is 2.28. The van der Waals surface area contributed by atoms with Crippen molar-refractivity contribution in [3.05, 3.63) is 36.0 Å². The summed E-state index contributed by atoms with van der Waals surface area (Å²) in [7, 11) is -3.81. The normalized spacial score (nSPS) is 16.3. The van der Waals surface area contributed by atoms with Crippen LogP contribution in [0.2, 0.25) is 0 Å². The first-order valence-electron chi connectivity index (χ1n) is 7.09. The van der Waals surface area contributed by atoms with Gasteiger partial charge in [-0.25, -0.2) is 8.42 Å². The monoisotopic (exact) mass is 317 g/mol. The van der Waals surface area contributed by atoms with E-state index in [1.54, 1.807) is 24.3 Å². The highest BCUT2D eigenvalue weighted by atomic mass is 32.2. The summed E-state index contributed by atoms with van der Waals surface area (Å²) in [5.41, 5.74) is 0.448. The van der Waals surface area contributed by atoms with Crippen LogP contribution >= 0.6 is 0 Å². The van der Waals surface area contributed by atoms with Gasteiger partial charge in [-0.15, -0.1) is 0 Å². The first-order valence-corrected chi connectivity index (χ1v) is 8.53. The van der Waals surface area contributed by atoms with Gasteiger partial charge in [-0.1, -0.05) is 24.6 Å². The molecule has 2 aromatic rings. The second-order valence-corrected chi connectivity index (χ2v) is 6.93. The number of benzene rings is 1. The van der Waals surface area contributed by atoms with Gasteiger partial charge in [0.1, 0.15) is 6.07 Å². The van der Waals surface area contributed by atoms with Crippen molar-refractivity contribution in [2.24, 2.45) is 0 Å². The molecule has 0 atom stereocenters. The Hall–Kier alpha value is -2.17. The molecule has 0 aliphatic carbocycles. The van der Waals surface area contributed by atoms with Crippen LogP contribution in [0.5, 0.6) is 0 Å². The standard InChI is InChI=1S/C15H15N3O3S/c16-11-13-15(22(19,20)18-9-5-2-6-10-18)21-14(17-13)12-7-3-1-4-8-12/h1,3-4,7-8H,2,5-6,9-10H2. The lowest BCUT2D eigenvalue weighted by molar-refractivity contribution is 0.333. The Balaban J connectivity index is 2.04. The molecule has 1 aliphatic heterocycles. The molecule has 0 radical (unpaired) electrons. The molecule has 1 aliphatic rings. The van der Waals surface area contributed by atoms with Crippen LogP contribution in [0.1, 0.15) is 25.0 Å². The maximum absolute atomic E-state index is 12.7. The fourth-order valence-electron chi connectivity index (χ4n) is 2.48. The zero-order valence-corrected chi connectivity index (χ0v) is 12.7. The molecule has 114 valence electrons. The third-order valence-electron chi connectivity index (χ3n) is 3.61. The smallest absolute Gasteiger partial charge is 0.279 e. The molecule has 1 aromatic heterocycles. The van der Waals surface area contributed by atoms with Gasteiger partial charge in [-0.3, -0.25) is 0 Å². The van der Waals surface area contributed by atoms with Crippen molar-refractivity contribution < 1.29 is 12.8 Å². The maximum atomic E-state index is 12.7. The molecule has 0 unspecified atom stereocenters. The van der Waals surface area contributed by atoms with Gasteiger partial charge >= 0.3 is 0 Å². The lowest BCUT2D eigenvalue weighted by atomic mass is 10.2. The van der Waals surface area contributed by atoms with E-state index in [1.807, 2.05) is 12.1 Å². The zero-order chi connectivity index (χ0) is 15.6. The Morgan fingerprint density at radius 2 is 1.82 bits per heavy atom. The second kappa shape index (κ2) is 5.91. The maximum Gasteiger partial charge on any atom is 0.279 e. The third-order valence-corrected chi connectivity index (χ3v) is 5.40. The Kier molecular flexibility index (Phi) is 3.96. The molecule has 1 saturated heterocycles. The van der Waals surface area contributed by atoms with Crippen LogP contribution in [-0.4, -0.2) is 30.8 Å². The summed E-state index contributed by atoms with van der Waals surface area (Å²) in [6.07, 6.45) is 2.66. The molecule has 7 heteroatoms. The molecule has 0 bridgehead atoms. The minimum absolute atomic E-state index is 0.146. The molecule has 3 rings (SSSR count). The van der Waals surface area contributed by atoms with Crippen molar-refractivity contribution in [2.75, 3.05) is 13.1 Å². The number of sulfonamides is 1. The lowest BCUT2D eigenvalue weighted by Gasteiger charge is -2.24. The average molecular weight is 317 g/mol. The lowest BCUT2D eigenvalue weighted by Crippen LogP contribution is -2.35. The van der Waals surface area contributed by atoms with Crippen LogP contribution < -0.4 is 0 Å².